The molecule has 5 heteroatoms. The fourth-order valence-electron chi connectivity index (χ4n) is 2.55. The van der Waals surface area contributed by atoms with E-state index in [4.69, 9.17) is 16.3 Å². The summed E-state index contributed by atoms with van der Waals surface area (Å²) in [6, 6.07) is 7.35. The molecule has 4 nitrogen and oxygen atoms in total. The largest absolute Gasteiger partial charge is 0.427 e. The van der Waals surface area contributed by atoms with Crippen molar-refractivity contribution in [3.05, 3.63) is 58.4 Å². The van der Waals surface area contributed by atoms with Gasteiger partial charge in [-0.15, -0.1) is 11.6 Å². The number of aliphatic hydroxyl groups excluding tert-OH is 1. The van der Waals surface area contributed by atoms with Gasteiger partial charge in [-0.1, -0.05) is 25.1 Å². The molecule has 2 aromatic rings. The fraction of sp³-hybridized carbons (Fsp3) is 0.389. The third-order valence-corrected chi connectivity index (χ3v) is 4.12. The lowest BCUT2D eigenvalue weighted by Crippen LogP contribution is -2.16. The van der Waals surface area contributed by atoms with Gasteiger partial charge in [-0.3, -0.25) is 0 Å². The molecule has 124 valence electrons. The van der Waals surface area contributed by atoms with Gasteiger partial charge in [0, 0.05) is 24.2 Å². The van der Waals surface area contributed by atoms with Crippen LogP contribution in [0, 0.1) is 6.92 Å². The first kappa shape index (κ1) is 17.6. The number of carbonyl (C=O) groups excluding carboxylic acids is 1. The molecule has 0 radical (unpaired) electrons. The Bertz CT molecular complexity index is 694. The highest BCUT2D eigenvalue weighted by atomic mass is 35.5. The Morgan fingerprint density at radius 1 is 1.35 bits per heavy atom. The number of aromatic nitrogens is 1. The molecule has 1 unspecified atom stereocenters. The number of benzene rings is 1. The van der Waals surface area contributed by atoms with Gasteiger partial charge >= 0.3 is 5.97 Å². The maximum absolute atomic E-state index is 12.3. The second-order valence-electron chi connectivity index (χ2n) is 5.47. The van der Waals surface area contributed by atoms with Crippen molar-refractivity contribution in [2.24, 2.45) is 0 Å². The van der Waals surface area contributed by atoms with Crippen molar-refractivity contribution >= 4 is 17.6 Å². The van der Waals surface area contributed by atoms with Crippen molar-refractivity contribution in [1.82, 2.24) is 4.57 Å². The van der Waals surface area contributed by atoms with Crippen LogP contribution in [0.1, 0.15) is 52.9 Å². The van der Waals surface area contributed by atoms with Gasteiger partial charge in [-0.05, 0) is 43.0 Å². The van der Waals surface area contributed by atoms with Crippen LogP contribution in [-0.4, -0.2) is 15.6 Å². The first-order chi connectivity index (χ1) is 11.0. The predicted octanol–water partition coefficient (Wildman–Crippen LogP) is 3.97. The number of alkyl halides is 1. The molecule has 1 atom stereocenters. The summed E-state index contributed by atoms with van der Waals surface area (Å²) in [5.74, 6) is -0.296. The van der Waals surface area contributed by atoms with E-state index in [9.17, 15) is 9.90 Å². The quantitative estimate of drug-likeness (QED) is 0.494. The highest BCUT2D eigenvalue weighted by molar-refractivity contribution is 6.17. The van der Waals surface area contributed by atoms with Crippen LogP contribution in [0.5, 0.6) is 0 Å². The topological polar surface area (TPSA) is 51.5 Å². The maximum atomic E-state index is 12.3. The second kappa shape index (κ2) is 7.66. The lowest BCUT2D eigenvalue weighted by atomic mass is 10.0. The molecule has 0 amide bonds. The molecule has 23 heavy (non-hydrogen) atoms. The van der Waals surface area contributed by atoms with E-state index in [2.05, 4.69) is 0 Å². The summed E-state index contributed by atoms with van der Waals surface area (Å²) in [7, 11) is 0. The molecule has 0 spiro atoms. The lowest BCUT2D eigenvalue weighted by Gasteiger charge is -2.16. The standard InChI is InChI=1S/C18H22ClNO3/c1-4-13-6-7-15(14(9-13)10-19)17(21)23-18(22)16-8-12(3)11-20(16)5-2/h6-9,11,17,21H,4-5,10H2,1-3H3. The van der Waals surface area contributed by atoms with E-state index >= 15 is 0 Å². The lowest BCUT2D eigenvalue weighted by molar-refractivity contribution is -0.0682. The summed E-state index contributed by atoms with van der Waals surface area (Å²) >= 11 is 5.95. The third-order valence-electron chi connectivity index (χ3n) is 3.83. The number of nitrogens with zero attached hydrogens (tertiary/aromatic N) is 1. The van der Waals surface area contributed by atoms with E-state index in [0.29, 0.717) is 17.8 Å². The third kappa shape index (κ3) is 3.95. The predicted molar refractivity (Wildman–Crippen MR) is 90.6 cm³/mol. The first-order valence-corrected chi connectivity index (χ1v) is 8.27. The molecule has 0 bridgehead atoms. The number of aryl methyl sites for hydroxylation is 3. The molecule has 0 aliphatic carbocycles. The van der Waals surface area contributed by atoms with E-state index in [1.807, 2.05) is 39.1 Å². The van der Waals surface area contributed by atoms with Gasteiger partial charge < -0.3 is 14.4 Å². The van der Waals surface area contributed by atoms with Gasteiger partial charge in [0.25, 0.3) is 0 Å². The minimum atomic E-state index is -1.33. The Labute approximate surface area is 141 Å². The zero-order chi connectivity index (χ0) is 17.0. The maximum Gasteiger partial charge on any atom is 0.357 e. The number of hydrogen-bond acceptors (Lipinski definition) is 3. The van der Waals surface area contributed by atoms with E-state index < -0.39 is 12.3 Å². The molecule has 1 N–H and O–H groups in total. The summed E-state index contributed by atoms with van der Waals surface area (Å²) in [6.45, 7) is 6.56. The Morgan fingerprint density at radius 3 is 2.70 bits per heavy atom. The van der Waals surface area contributed by atoms with E-state index in [1.54, 1.807) is 16.7 Å². The van der Waals surface area contributed by atoms with Crippen molar-refractivity contribution in [2.75, 3.05) is 0 Å². The summed E-state index contributed by atoms with van der Waals surface area (Å²) < 4.78 is 7.03. The number of rotatable bonds is 6. The molecule has 0 aliphatic heterocycles. The molecule has 0 fully saturated rings. The Kier molecular flexibility index (Phi) is 5.85. The van der Waals surface area contributed by atoms with Gasteiger partial charge in [0.15, 0.2) is 0 Å². The summed E-state index contributed by atoms with van der Waals surface area (Å²) in [6.07, 6.45) is 1.43. The molecular weight excluding hydrogens is 314 g/mol. The van der Waals surface area contributed by atoms with Crippen LogP contribution in [0.3, 0.4) is 0 Å². The average molecular weight is 336 g/mol. The van der Waals surface area contributed by atoms with E-state index in [1.165, 1.54) is 0 Å². The normalized spacial score (nSPS) is 12.2. The molecule has 1 heterocycles. The van der Waals surface area contributed by atoms with Crippen LogP contribution in [0.2, 0.25) is 0 Å². The highest BCUT2D eigenvalue weighted by Crippen LogP contribution is 2.24. The molecule has 0 saturated heterocycles. The number of esters is 1. The number of halogens is 1. The SMILES string of the molecule is CCc1ccc(C(O)OC(=O)c2cc(C)cn2CC)c(CCl)c1. The number of aliphatic hydroxyl groups is 1. The minimum absolute atomic E-state index is 0.252. The molecule has 0 aliphatic rings. The number of hydrogen-bond donors (Lipinski definition) is 1. The van der Waals surface area contributed by atoms with Crippen LogP contribution in [0.15, 0.2) is 30.5 Å². The zero-order valence-electron chi connectivity index (χ0n) is 13.7. The fourth-order valence-corrected chi connectivity index (χ4v) is 2.78. The van der Waals surface area contributed by atoms with Crippen LogP contribution < -0.4 is 0 Å². The van der Waals surface area contributed by atoms with Crippen molar-refractivity contribution in [2.45, 2.75) is 45.9 Å². The van der Waals surface area contributed by atoms with Crippen molar-refractivity contribution < 1.29 is 14.6 Å². The summed E-state index contributed by atoms with van der Waals surface area (Å²) in [5, 5.41) is 10.3. The van der Waals surface area contributed by atoms with Crippen molar-refractivity contribution in [1.29, 1.82) is 0 Å². The van der Waals surface area contributed by atoms with Gasteiger partial charge in [0.1, 0.15) is 5.69 Å². The van der Waals surface area contributed by atoms with E-state index in [-0.39, 0.29) is 5.88 Å². The van der Waals surface area contributed by atoms with Crippen molar-refractivity contribution in [3.63, 3.8) is 0 Å². The average Bonchev–Trinajstić information content (AvgIpc) is 2.95. The van der Waals surface area contributed by atoms with E-state index in [0.717, 1.165) is 23.1 Å². The van der Waals surface area contributed by atoms with Crippen LogP contribution in [0.4, 0.5) is 0 Å². The smallest absolute Gasteiger partial charge is 0.357 e. The monoisotopic (exact) mass is 335 g/mol. The number of carbonyl (C=O) groups is 1. The first-order valence-electron chi connectivity index (χ1n) is 7.73. The molecule has 0 saturated carbocycles. The number of ether oxygens (including phenoxy) is 1. The van der Waals surface area contributed by atoms with Crippen LogP contribution in [0.25, 0.3) is 0 Å². The van der Waals surface area contributed by atoms with Crippen LogP contribution >= 0.6 is 11.6 Å². The highest BCUT2D eigenvalue weighted by Gasteiger charge is 2.20. The van der Waals surface area contributed by atoms with Gasteiger partial charge in [0.05, 0.1) is 0 Å². The molecule has 1 aromatic heterocycles. The van der Waals surface area contributed by atoms with Crippen LogP contribution in [-0.2, 0) is 23.6 Å². The molecule has 1 aromatic carbocycles. The molecular formula is C18H22ClNO3. The molecule has 2 rings (SSSR count). The minimum Gasteiger partial charge on any atom is -0.427 e. The zero-order valence-corrected chi connectivity index (χ0v) is 14.4. The summed E-state index contributed by atoms with van der Waals surface area (Å²) in [5.41, 5.74) is 3.83. The Hall–Kier alpha value is -1.78. The second-order valence-corrected chi connectivity index (χ2v) is 5.73. The Morgan fingerprint density at radius 2 is 2.09 bits per heavy atom. The summed E-state index contributed by atoms with van der Waals surface area (Å²) in [4.78, 5) is 12.3. The Balaban J connectivity index is 2.21. The van der Waals surface area contributed by atoms with Gasteiger partial charge in [0.2, 0.25) is 6.29 Å². The van der Waals surface area contributed by atoms with Gasteiger partial charge in [-0.2, -0.15) is 0 Å². The van der Waals surface area contributed by atoms with Crippen molar-refractivity contribution in [3.8, 4) is 0 Å². The van der Waals surface area contributed by atoms with Gasteiger partial charge in [-0.25, -0.2) is 4.79 Å².